The second-order valence-corrected chi connectivity index (χ2v) is 5.12. The lowest BCUT2D eigenvalue weighted by Gasteiger charge is -2.15. The molecule has 0 saturated heterocycles. The Labute approximate surface area is 118 Å². The quantitative estimate of drug-likeness (QED) is 0.649. The van der Waals surface area contributed by atoms with Gasteiger partial charge in [-0.05, 0) is 24.4 Å². The van der Waals surface area contributed by atoms with Crippen molar-refractivity contribution in [3.63, 3.8) is 0 Å². The van der Waals surface area contributed by atoms with Crippen LogP contribution in [0.1, 0.15) is 28.2 Å². The summed E-state index contributed by atoms with van der Waals surface area (Å²) in [6, 6.07) is 7.54. The van der Waals surface area contributed by atoms with Crippen molar-refractivity contribution in [3.8, 4) is 0 Å². The van der Waals surface area contributed by atoms with E-state index in [0.29, 0.717) is 0 Å². The van der Waals surface area contributed by atoms with E-state index >= 15 is 0 Å². The second-order valence-electron chi connectivity index (χ2n) is 4.14. The van der Waals surface area contributed by atoms with Crippen LogP contribution in [0, 0.1) is 10.1 Å². The van der Waals surface area contributed by atoms with Gasteiger partial charge in [-0.15, -0.1) is 11.3 Å². The summed E-state index contributed by atoms with van der Waals surface area (Å²) in [5.74, 6) is -1.20. The summed E-state index contributed by atoms with van der Waals surface area (Å²) in [6.45, 7) is 1.83. The lowest BCUT2D eigenvalue weighted by atomic mass is 10.1. The average Bonchev–Trinajstić information content (AvgIpc) is 2.92. The zero-order valence-electron chi connectivity index (χ0n) is 10.6. The van der Waals surface area contributed by atoms with E-state index in [1.807, 2.05) is 24.4 Å². The highest BCUT2D eigenvalue weighted by molar-refractivity contribution is 7.10. The third kappa shape index (κ3) is 2.77. The van der Waals surface area contributed by atoms with Gasteiger partial charge in [0.25, 0.3) is 5.69 Å². The van der Waals surface area contributed by atoms with E-state index in [1.54, 1.807) is 0 Å². The maximum absolute atomic E-state index is 11.2. The van der Waals surface area contributed by atoms with E-state index in [9.17, 15) is 14.9 Å². The number of para-hydroxylation sites is 1. The number of carbonyl (C=O) groups is 1. The standard InChI is InChI=1S/C13H12N2O4S/c1-8(11-6-3-7-20-11)14-12-9(13(16)17)4-2-5-10(12)15(18)19/h2-8,14H,1H3,(H,16,17). The lowest BCUT2D eigenvalue weighted by molar-refractivity contribution is -0.384. The van der Waals surface area contributed by atoms with Gasteiger partial charge in [0.05, 0.1) is 16.5 Å². The highest BCUT2D eigenvalue weighted by Gasteiger charge is 2.23. The van der Waals surface area contributed by atoms with Crippen LogP contribution in [-0.2, 0) is 0 Å². The molecule has 7 heteroatoms. The summed E-state index contributed by atoms with van der Waals surface area (Å²) in [6.07, 6.45) is 0. The number of aromatic carboxylic acids is 1. The zero-order chi connectivity index (χ0) is 14.7. The summed E-state index contributed by atoms with van der Waals surface area (Å²) in [4.78, 5) is 22.6. The van der Waals surface area contributed by atoms with E-state index in [-0.39, 0.29) is 23.0 Å². The Morgan fingerprint density at radius 3 is 2.70 bits per heavy atom. The number of nitrogens with zero attached hydrogens (tertiary/aromatic N) is 1. The number of carboxylic acids is 1. The number of nitro groups is 1. The summed E-state index contributed by atoms with van der Waals surface area (Å²) in [5, 5.41) is 25.0. The SMILES string of the molecule is CC(Nc1c(C(=O)O)cccc1[N+](=O)[O-])c1cccs1. The van der Waals surface area contributed by atoms with Crippen molar-refractivity contribution in [2.45, 2.75) is 13.0 Å². The number of nitrogens with one attached hydrogen (secondary N) is 1. The molecular formula is C13H12N2O4S. The fourth-order valence-corrected chi connectivity index (χ4v) is 2.58. The van der Waals surface area contributed by atoms with Crippen molar-refractivity contribution >= 4 is 28.7 Å². The first-order chi connectivity index (χ1) is 9.50. The van der Waals surface area contributed by atoms with Gasteiger partial charge in [-0.1, -0.05) is 12.1 Å². The first-order valence-corrected chi connectivity index (χ1v) is 6.69. The van der Waals surface area contributed by atoms with Crippen molar-refractivity contribution in [1.29, 1.82) is 0 Å². The Balaban J connectivity index is 2.43. The molecule has 0 aliphatic carbocycles. The molecule has 1 heterocycles. The van der Waals surface area contributed by atoms with Crippen molar-refractivity contribution in [1.82, 2.24) is 0 Å². The molecule has 1 aromatic heterocycles. The van der Waals surface area contributed by atoms with Gasteiger partial charge in [0, 0.05) is 10.9 Å². The molecular weight excluding hydrogens is 280 g/mol. The number of anilines is 1. The summed E-state index contributed by atoms with van der Waals surface area (Å²) >= 11 is 1.50. The van der Waals surface area contributed by atoms with Crippen LogP contribution in [0.5, 0.6) is 0 Å². The Morgan fingerprint density at radius 2 is 2.15 bits per heavy atom. The highest BCUT2D eigenvalue weighted by atomic mass is 32.1. The number of carboxylic acid groups (broad SMARTS) is 1. The van der Waals surface area contributed by atoms with Crippen LogP contribution in [0.4, 0.5) is 11.4 Å². The number of hydrogen-bond donors (Lipinski definition) is 2. The molecule has 2 rings (SSSR count). The molecule has 0 aliphatic rings. The molecule has 6 nitrogen and oxygen atoms in total. The number of nitro benzene ring substituents is 1. The van der Waals surface area contributed by atoms with Gasteiger partial charge in [0.2, 0.25) is 0 Å². The van der Waals surface area contributed by atoms with Crippen molar-refractivity contribution in [2.75, 3.05) is 5.32 Å². The number of thiophene rings is 1. The molecule has 2 N–H and O–H groups in total. The first-order valence-electron chi connectivity index (χ1n) is 5.81. The maximum atomic E-state index is 11.2. The molecule has 1 unspecified atom stereocenters. The van der Waals surface area contributed by atoms with Gasteiger partial charge in [-0.3, -0.25) is 10.1 Å². The van der Waals surface area contributed by atoms with Crippen LogP contribution in [-0.4, -0.2) is 16.0 Å². The zero-order valence-corrected chi connectivity index (χ0v) is 11.4. The molecule has 0 saturated carbocycles. The second kappa shape index (κ2) is 5.70. The third-order valence-electron chi connectivity index (χ3n) is 2.80. The van der Waals surface area contributed by atoms with Crippen LogP contribution in [0.2, 0.25) is 0 Å². The van der Waals surface area contributed by atoms with Crippen LogP contribution in [0.25, 0.3) is 0 Å². The molecule has 0 amide bonds. The highest BCUT2D eigenvalue weighted by Crippen LogP contribution is 2.32. The normalized spacial score (nSPS) is 11.8. The largest absolute Gasteiger partial charge is 0.478 e. The van der Waals surface area contributed by atoms with Gasteiger partial charge < -0.3 is 10.4 Å². The number of benzene rings is 1. The molecule has 0 spiro atoms. The monoisotopic (exact) mass is 292 g/mol. The average molecular weight is 292 g/mol. The van der Waals surface area contributed by atoms with Crippen LogP contribution >= 0.6 is 11.3 Å². The van der Waals surface area contributed by atoms with Crippen LogP contribution in [0.15, 0.2) is 35.7 Å². The smallest absolute Gasteiger partial charge is 0.338 e. The summed E-state index contributed by atoms with van der Waals surface area (Å²) < 4.78 is 0. The molecule has 0 aliphatic heterocycles. The topological polar surface area (TPSA) is 92.5 Å². The predicted octanol–water partition coefficient (Wildman–Crippen LogP) is 3.53. The van der Waals surface area contributed by atoms with Gasteiger partial charge in [-0.2, -0.15) is 0 Å². The van der Waals surface area contributed by atoms with Crippen LogP contribution in [0.3, 0.4) is 0 Å². The van der Waals surface area contributed by atoms with Crippen molar-refractivity contribution < 1.29 is 14.8 Å². The lowest BCUT2D eigenvalue weighted by Crippen LogP contribution is -2.11. The molecule has 1 aromatic carbocycles. The minimum Gasteiger partial charge on any atom is -0.478 e. The third-order valence-corrected chi connectivity index (χ3v) is 3.86. The number of hydrogen-bond acceptors (Lipinski definition) is 5. The van der Waals surface area contributed by atoms with Gasteiger partial charge in [0.15, 0.2) is 0 Å². The minimum absolute atomic E-state index is 0.0332. The Kier molecular flexibility index (Phi) is 3.99. The van der Waals surface area contributed by atoms with Crippen molar-refractivity contribution in [2.24, 2.45) is 0 Å². The van der Waals surface area contributed by atoms with E-state index < -0.39 is 10.9 Å². The minimum atomic E-state index is -1.20. The van der Waals surface area contributed by atoms with Gasteiger partial charge >= 0.3 is 5.97 Å². The van der Waals surface area contributed by atoms with E-state index in [4.69, 9.17) is 5.11 Å². The van der Waals surface area contributed by atoms with E-state index in [0.717, 1.165) is 4.88 Å². The van der Waals surface area contributed by atoms with Gasteiger partial charge in [0.1, 0.15) is 5.69 Å². The van der Waals surface area contributed by atoms with E-state index in [2.05, 4.69) is 5.32 Å². The molecule has 0 radical (unpaired) electrons. The Morgan fingerprint density at radius 1 is 1.40 bits per heavy atom. The summed E-state index contributed by atoms with van der Waals surface area (Å²) in [7, 11) is 0. The van der Waals surface area contributed by atoms with Gasteiger partial charge in [-0.25, -0.2) is 4.79 Å². The first kappa shape index (κ1) is 14.0. The van der Waals surface area contributed by atoms with E-state index in [1.165, 1.54) is 29.5 Å². The summed E-state index contributed by atoms with van der Waals surface area (Å²) in [5.41, 5.74) is -0.318. The fraction of sp³-hybridized carbons (Fsp3) is 0.154. The Bertz CT molecular complexity index is 608. The van der Waals surface area contributed by atoms with Crippen molar-refractivity contribution in [3.05, 3.63) is 56.3 Å². The predicted molar refractivity (Wildman–Crippen MR) is 76.4 cm³/mol. The molecule has 0 fully saturated rings. The molecule has 0 bridgehead atoms. The molecule has 20 heavy (non-hydrogen) atoms. The molecule has 104 valence electrons. The van der Waals surface area contributed by atoms with Crippen LogP contribution < -0.4 is 5.32 Å². The Hall–Kier alpha value is -2.41. The maximum Gasteiger partial charge on any atom is 0.338 e. The fourth-order valence-electron chi connectivity index (χ4n) is 1.85. The number of rotatable bonds is 5. The molecule has 2 aromatic rings. The molecule has 1 atom stereocenters.